The highest BCUT2D eigenvalue weighted by Gasteiger charge is 2.34. The molecule has 0 bridgehead atoms. The third-order valence-electron chi connectivity index (χ3n) is 5.15. The van der Waals surface area contributed by atoms with Crippen molar-refractivity contribution in [2.24, 2.45) is 0 Å². The number of nitrogens with zero attached hydrogens (tertiary/aromatic N) is 4. The van der Waals surface area contributed by atoms with Gasteiger partial charge in [-0.15, -0.1) is 0 Å². The van der Waals surface area contributed by atoms with E-state index in [1.54, 1.807) is 29.3 Å². The minimum atomic E-state index is -3.35. The van der Waals surface area contributed by atoms with Gasteiger partial charge in [-0.05, 0) is 23.8 Å². The van der Waals surface area contributed by atoms with Crippen molar-refractivity contribution in [1.82, 2.24) is 24.6 Å². The van der Waals surface area contributed by atoms with Gasteiger partial charge >= 0.3 is 0 Å². The van der Waals surface area contributed by atoms with Gasteiger partial charge in [0, 0.05) is 25.7 Å². The molecule has 2 atom stereocenters. The summed E-state index contributed by atoms with van der Waals surface area (Å²) in [6, 6.07) is 7.34. The van der Waals surface area contributed by atoms with Crippen LogP contribution >= 0.6 is 0 Å². The maximum absolute atomic E-state index is 14.3. The molecule has 0 aliphatic carbocycles. The molecule has 1 aromatic carbocycles. The maximum Gasteiger partial charge on any atom is 0.256 e. The van der Waals surface area contributed by atoms with E-state index in [9.17, 15) is 22.0 Å². The van der Waals surface area contributed by atoms with E-state index in [1.165, 1.54) is 22.8 Å². The number of amides is 1. The Morgan fingerprint density at radius 3 is 2.84 bits per heavy atom. The fourth-order valence-corrected chi connectivity index (χ4v) is 4.23. The van der Waals surface area contributed by atoms with Gasteiger partial charge < -0.3 is 10.2 Å². The molecule has 3 heterocycles. The number of rotatable bonds is 7. The molecule has 2 unspecified atom stereocenters. The molecule has 170 valence electrons. The molecular formula is C20H22F2N6O3S. The zero-order chi connectivity index (χ0) is 22.9. The number of fused-ring (bicyclic) bond motifs is 1. The highest BCUT2D eigenvalue weighted by atomic mass is 32.2. The van der Waals surface area contributed by atoms with Crippen LogP contribution in [-0.4, -0.2) is 61.0 Å². The second-order valence-corrected chi connectivity index (χ2v) is 9.42. The summed E-state index contributed by atoms with van der Waals surface area (Å²) in [6.45, 7) is 0.223. The number of halogens is 2. The van der Waals surface area contributed by atoms with Crippen molar-refractivity contribution < 1.29 is 22.0 Å². The largest absolute Gasteiger partial charge is 0.351 e. The Morgan fingerprint density at radius 1 is 1.28 bits per heavy atom. The van der Waals surface area contributed by atoms with Crippen molar-refractivity contribution in [2.45, 2.75) is 18.6 Å². The molecule has 1 amide bonds. The zero-order valence-corrected chi connectivity index (χ0v) is 18.0. The molecule has 0 spiro atoms. The van der Waals surface area contributed by atoms with Gasteiger partial charge in [0.05, 0.1) is 25.0 Å². The first-order chi connectivity index (χ1) is 15.2. The Kier molecular flexibility index (Phi) is 6.07. The number of alkyl halides is 1. The van der Waals surface area contributed by atoms with E-state index in [-0.39, 0.29) is 37.3 Å². The van der Waals surface area contributed by atoms with E-state index in [0.717, 1.165) is 6.26 Å². The fraction of sp³-hybridized carbons (Fsp3) is 0.350. The van der Waals surface area contributed by atoms with Crippen LogP contribution in [0.3, 0.4) is 0 Å². The van der Waals surface area contributed by atoms with Crippen molar-refractivity contribution in [3.8, 4) is 0 Å². The highest BCUT2D eigenvalue weighted by Crippen LogP contribution is 2.37. The summed E-state index contributed by atoms with van der Waals surface area (Å²) in [5, 5.41) is 6.73. The van der Waals surface area contributed by atoms with Gasteiger partial charge in [-0.25, -0.2) is 31.4 Å². The first kappa shape index (κ1) is 22.1. The Morgan fingerprint density at radius 2 is 2.09 bits per heavy atom. The van der Waals surface area contributed by atoms with E-state index >= 15 is 0 Å². The first-order valence-electron chi connectivity index (χ1n) is 9.94. The Balaban J connectivity index is 1.57. The minimum Gasteiger partial charge on any atom is -0.351 e. The molecule has 9 nitrogen and oxygen atoms in total. The van der Waals surface area contributed by atoms with Crippen LogP contribution in [0, 0.1) is 5.82 Å². The predicted molar refractivity (Wildman–Crippen MR) is 114 cm³/mol. The zero-order valence-electron chi connectivity index (χ0n) is 17.2. The monoisotopic (exact) mass is 464 g/mol. The molecule has 32 heavy (non-hydrogen) atoms. The molecule has 2 N–H and O–H groups in total. The SMILES string of the molecule is CS(=O)(=O)NCCNC(=O)c1cnn2ccc(N3CC(F)CC3c3cccc(F)c3)nc12. The lowest BCUT2D eigenvalue weighted by molar-refractivity contribution is 0.0955. The van der Waals surface area contributed by atoms with Gasteiger partial charge in [0.15, 0.2) is 5.65 Å². The third kappa shape index (κ3) is 4.86. The number of anilines is 1. The Labute approximate surface area is 183 Å². The number of benzene rings is 1. The first-order valence-corrected chi connectivity index (χ1v) is 11.8. The van der Waals surface area contributed by atoms with E-state index < -0.39 is 34.0 Å². The summed E-state index contributed by atoms with van der Waals surface area (Å²) in [5.41, 5.74) is 1.12. The summed E-state index contributed by atoms with van der Waals surface area (Å²) in [5.74, 6) is -0.417. The molecule has 12 heteroatoms. The van der Waals surface area contributed by atoms with Crippen molar-refractivity contribution in [1.29, 1.82) is 0 Å². The lowest BCUT2D eigenvalue weighted by Gasteiger charge is -2.25. The van der Waals surface area contributed by atoms with E-state index in [0.29, 0.717) is 11.4 Å². The Hall–Kier alpha value is -3.12. The number of carbonyl (C=O) groups is 1. The molecular weight excluding hydrogens is 442 g/mol. The quantitative estimate of drug-likeness (QED) is 0.512. The summed E-state index contributed by atoms with van der Waals surface area (Å²) in [7, 11) is -3.35. The van der Waals surface area contributed by atoms with Crippen LogP contribution in [0.25, 0.3) is 5.65 Å². The van der Waals surface area contributed by atoms with Crippen LogP contribution in [0.1, 0.15) is 28.4 Å². The number of aromatic nitrogens is 3. The van der Waals surface area contributed by atoms with Gasteiger partial charge in [0.2, 0.25) is 10.0 Å². The van der Waals surface area contributed by atoms with Crippen molar-refractivity contribution >= 4 is 27.4 Å². The standard InChI is InChI=1S/C20H22F2N6O3S/c1-32(30,31)25-7-6-23-20(29)16-11-24-28-8-5-18(26-19(16)28)27-12-15(22)10-17(27)13-3-2-4-14(21)9-13/h2-5,8-9,11,15,17,25H,6-7,10,12H2,1H3,(H,23,29). The number of nitrogens with one attached hydrogen (secondary N) is 2. The Bertz CT molecular complexity index is 1250. The number of hydrogen-bond acceptors (Lipinski definition) is 6. The second kappa shape index (κ2) is 8.79. The van der Waals surface area contributed by atoms with E-state index in [2.05, 4.69) is 20.1 Å². The maximum atomic E-state index is 14.3. The van der Waals surface area contributed by atoms with Crippen LogP contribution in [0.5, 0.6) is 0 Å². The topological polar surface area (TPSA) is 109 Å². The van der Waals surface area contributed by atoms with Gasteiger partial charge in [-0.1, -0.05) is 12.1 Å². The molecule has 1 fully saturated rings. The summed E-state index contributed by atoms with van der Waals surface area (Å²) in [6.07, 6.45) is 3.11. The molecule has 1 aliphatic heterocycles. The van der Waals surface area contributed by atoms with Crippen LogP contribution in [-0.2, 0) is 10.0 Å². The number of carbonyl (C=O) groups excluding carboxylic acids is 1. The predicted octanol–water partition coefficient (Wildman–Crippen LogP) is 1.44. The smallest absolute Gasteiger partial charge is 0.256 e. The lowest BCUT2D eigenvalue weighted by atomic mass is 10.0. The molecule has 0 saturated carbocycles. The van der Waals surface area contributed by atoms with Gasteiger partial charge in [0.25, 0.3) is 5.91 Å². The van der Waals surface area contributed by atoms with Gasteiger partial charge in [-0.2, -0.15) is 5.10 Å². The van der Waals surface area contributed by atoms with Crippen LogP contribution in [0.4, 0.5) is 14.6 Å². The third-order valence-corrected chi connectivity index (χ3v) is 5.88. The molecule has 1 aliphatic rings. The summed E-state index contributed by atoms with van der Waals surface area (Å²) >= 11 is 0. The van der Waals surface area contributed by atoms with Gasteiger partial charge in [-0.3, -0.25) is 4.79 Å². The molecule has 2 aromatic heterocycles. The summed E-state index contributed by atoms with van der Waals surface area (Å²) < 4.78 is 54.0. The summed E-state index contributed by atoms with van der Waals surface area (Å²) in [4.78, 5) is 18.8. The van der Waals surface area contributed by atoms with Gasteiger partial charge in [0.1, 0.15) is 23.4 Å². The van der Waals surface area contributed by atoms with Crippen LogP contribution in [0.2, 0.25) is 0 Å². The van der Waals surface area contributed by atoms with Crippen LogP contribution in [0.15, 0.2) is 42.7 Å². The molecule has 1 saturated heterocycles. The average Bonchev–Trinajstić information content (AvgIpc) is 3.33. The molecule has 4 rings (SSSR count). The molecule has 3 aromatic rings. The van der Waals surface area contributed by atoms with Crippen molar-refractivity contribution in [3.63, 3.8) is 0 Å². The van der Waals surface area contributed by atoms with Crippen molar-refractivity contribution in [2.75, 3.05) is 30.8 Å². The minimum absolute atomic E-state index is 0.0451. The van der Waals surface area contributed by atoms with E-state index in [4.69, 9.17) is 0 Å². The highest BCUT2D eigenvalue weighted by molar-refractivity contribution is 7.88. The second-order valence-electron chi connectivity index (χ2n) is 7.59. The normalized spacial score (nSPS) is 18.9. The lowest BCUT2D eigenvalue weighted by Crippen LogP contribution is -2.34. The fourth-order valence-electron chi connectivity index (χ4n) is 3.75. The number of hydrogen-bond donors (Lipinski definition) is 2. The van der Waals surface area contributed by atoms with Crippen molar-refractivity contribution in [3.05, 3.63) is 59.7 Å². The van der Waals surface area contributed by atoms with Crippen LogP contribution < -0.4 is 14.9 Å². The van der Waals surface area contributed by atoms with E-state index in [1.807, 2.05) is 0 Å². The average molecular weight is 464 g/mol. The number of sulfonamides is 1. The molecule has 0 radical (unpaired) electrons.